The van der Waals surface area contributed by atoms with Gasteiger partial charge in [0.05, 0.1) is 6.33 Å². The number of carbonyl (C=O) groups excluding carboxylic acids is 1. The molecule has 7 nitrogen and oxygen atoms in total. The van der Waals surface area contributed by atoms with Crippen molar-refractivity contribution in [2.24, 2.45) is 0 Å². The van der Waals surface area contributed by atoms with Crippen LogP contribution in [0.1, 0.15) is 12.0 Å². The number of hydrogen-bond acceptors (Lipinski definition) is 4. The van der Waals surface area contributed by atoms with Crippen LogP contribution in [0.3, 0.4) is 0 Å². The molecule has 4 rings (SSSR count). The number of amides is 1. The van der Waals surface area contributed by atoms with Crippen LogP contribution in [-0.2, 0) is 22.6 Å². The van der Waals surface area contributed by atoms with Crippen LogP contribution in [0.4, 0.5) is 5.69 Å². The van der Waals surface area contributed by atoms with E-state index < -0.39 is 0 Å². The van der Waals surface area contributed by atoms with E-state index in [-0.39, 0.29) is 18.0 Å². The van der Waals surface area contributed by atoms with Crippen LogP contribution in [0.2, 0.25) is 5.02 Å². The molecule has 0 fully saturated rings. The lowest BCUT2D eigenvalue weighted by Gasteiger charge is -2.11. The first kappa shape index (κ1) is 22.8. The molecule has 2 aromatic carbocycles. The van der Waals surface area contributed by atoms with Crippen molar-refractivity contribution in [2.75, 3.05) is 19.0 Å². The van der Waals surface area contributed by atoms with E-state index in [0.29, 0.717) is 41.3 Å². The second kappa shape index (κ2) is 10.0. The minimum atomic E-state index is -0.258. The first-order valence-corrected chi connectivity index (χ1v) is 11.0. The number of nitrogens with zero attached hydrogens (tertiary/aromatic N) is 3. The molecule has 0 unspecified atom stereocenters. The molecule has 0 saturated heterocycles. The Morgan fingerprint density at radius 3 is 2.67 bits per heavy atom. The van der Waals surface area contributed by atoms with E-state index in [2.05, 4.69) is 10.3 Å². The summed E-state index contributed by atoms with van der Waals surface area (Å²) < 4.78 is 8.34. The molecule has 0 bridgehead atoms. The van der Waals surface area contributed by atoms with Gasteiger partial charge >= 0.3 is 0 Å². The quantitative estimate of drug-likeness (QED) is 0.389. The number of methoxy groups -OCH3 is 1. The number of fused-ring (bicyclic) bond motifs is 1. The molecule has 1 amide bonds. The molecule has 0 aliphatic heterocycles. The second-order valence-electron chi connectivity index (χ2n) is 7.78. The average molecular weight is 465 g/mol. The Balaban J connectivity index is 1.74. The van der Waals surface area contributed by atoms with Gasteiger partial charge in [0, 0.05) is 42.7 Å². The van der Waals surface area contributed by atoms with Crippen molar-refractivity contribution in [2.45, 2.75) is 26.4 Å². The normalized spacial score (nSPS) is 11.1. The maximum absolute atomic E-state index is 13.3. The van der Waals surface area contributed by atoms with Gasteiger partial charge in [-0.25, -0.2) is 4.98 Å². The van der Waals surface area contributed by atoms with Gasteiger partial charge in [-0.05, 0) is 36.6 Å². The van der Waals surface area contributed by atoms with E-state index in [1.165, 1.54) is 0 Å². The van der Waals surface area contributed by atoms with Crippen LogP contribution < -0.4 is 10.9 Å². The second-order valence-corrected chi connectivity index (χ2v) is 8.19. The predicted molar refractivity (Wildman–Crippen MR) is 131 cm³/mol. The Bertz CT molecular complexity index is 1350. The van der Waals surface area contributed by atoms with Crippen LogP contribution in [-0.4, -0.2) is 33.7 Å². The van der Waals surface area contributed by atoms with Gasteiger partial charge in [0.15, 0.2) is 0 Å². The molecule has 33 heavy (non-hydrogen) atoms. The van der Waals surface area contributed by atoms with Crippen LogP contribution in [0.15, 0.2) is 65.8 Å². The van der Waals surface area contributed by atoms with E-state index in [1.807, 2.05) is 43.5 Å². The van der Waals surface area contributed by atoms with Crippen LogP contribution in [0.5, 0.6) is 0 Å². The van der Waals surface area contributed by atoms with Gasteiger partial charge in [0.1, 0.15) is 17.6 Å². The van der Waals surface area contributed by atoms with Crippen molar-refractivity contribution < 1.29 is 9.53 Å². The number of ether oxygens (including phenoxy) is 1. The third kappa shape index (κ3) is 4.84. The maximum atomic E-state index is 13.3. The maximum Gasteiger partial charge on any atom is 0.277 e. The number of aromatic nitrogens is 3. The zero-order valence-electron chi connectivity index (χ0n) is 18.5. The monoisotopic (exact) mass is 464 g/mol. The van der Waals surface area contributed by atoms with Gasteiger partial charge in [0.2, 0.25) is 5.91 Å². The molecular formula is C25H25ClN4O3. The summed E-state index contributed by atoms with van der Waals surface area (Å²) >= 11 is 6.18. The molecule has 4 aromatic rings. The van der Waals surface area contributed by atoms with E-state index in [1.54, 1.807) is 40.8 Å². The first-order valence-electron chi connectivity index (χ1n) is 10.7. The summed E-state index contributed by atoms with van der Waals surface area (Å²) in [6, 6.07) is 15.1. The van der Waals surface area contributed by atoms with E-state index in [0.717, 1.165) is 16.7 Å². The van der Waals surface area contributed by atoms with Gasteiger partial charge in [-0.1, -0.05) is 48.0 Å². The van der Waals surface area contributed by atoms with Crippen molar-refractivity contribution in [3.05, 3.63) is 82.0 Å². The predicted octanol–water partition coefficient (Wildman–Crippen LogP) is 4.50. The lowest BCUT2D eigenvalue weighted by Crippen LogP contribution is -2.25. The highest BCUT2D eigenvalue weighted by Crippen LogP contribution is 2.28. The molecule has 0 saturated carbocycles. The van der Waals surface area contributed by atoms with Crippen LogP contribution in [0, 0.1) is 6.92 Å². The van der Waals surface area contributed by atoms with Crippen molar-refractivity contribution in [1.82, 2.24) is 14.1 Å². The highest BCUT2D eigenvalue weighted by atomic mass is 35.5. The standard InChI is InChI=1S/C25H25ClN4O3/c1-17-20(26)10-6-11-21(17)28-22(31)15-30-14-19(18-8-4-3-5-9-18)23-24(30)25(32)29(16-27-23)12-7-13-33-2/h3-6,8-11,14,16H,7,12-13,15H2,1-2H3,(H,28,31). The minimum Gasteiger partial charge on any atom is -0.385 e. The summed E-state index contributed by atoms with van der Waals surface area (Å²) in [4.78, 5) is 30.8. The summed E-state index contributed by atoms with van der Waals surface area (Å²) in [5, 5.41) is 3.48. The SMILES string of the molecule is COCCCn1cnc2c(-c3ccccc3)cn(CC(=O)Nc3cccc(Cl)c3C)c2c1=O. The fourth-order valence-corrected chi connectivity index (χ4v) is 3.97. The smallest absolute Gasteiger partial charge is 0.277 e. The zero-order chi connectivity index (χ0) is 23.4. The third-order valence-electron chi connectivity index (χ3n) is 5.53. The average Bonchev–Trinajstić information content (AvgIpc) is 3.18. The Hall–Kier alpha value is -3.42. The molecule has 170 valence electrons. The molecule has 0 spiro atoms. The summed E-state index contributed by atoms with van der Waals surface area (Å²) in [5.41, 5.74) is 3.94. The number of benzene rings is 2. The van der Waals surface area contributed by atoms with Crippen molar-refractivity contribution in [1.29, 1.82) is 0 Å². The summed E-state index contributed by atoms with van der Waals surface area (Å²) in [6.07, 6.45) is 4.06. The van der Waals surface area contributed by atoms with E-state index >= 15 is 0 Å². The van der Waals surface area contributed by atoms with E-state index in [4.69, 9.17) is 16.3 Å². The third-order valence-corrected chi connectivity index (χ3v) is 5.94. The van der Waals surface area contributed by atoms with Gasteiger partial charge in [-0.15, -0.1) is 0 Å². The highest BCUT2D eigenvalue weighted by Gasteiger charge is 2.18. The first-order chi connectivity index (χ1) is 16.0. The molecule has 0 atom stereocenters. The topological polar surface area (TPSA) is 78.2 Å². The lowest BCUT2D eigenvalue weighted by atomic mass is 10.1. The molecule has 0 aliphatic carbocycles. The molecule has 1 N–H and O–H groups in total. The lowest BCUT2D eigenvalue weighted by molar-refractivity contribution is -0.116. The molecule has 0 aliphatic rings. The summed E-state index contributed by atoms with van der Waals surface area (Å²) in [5.74, 6) is -0.258. The number of anilines is 1. The molecule has 8 heteroatoms. The largest absolute Gasteiger partial charge is 0.385 e. The number of hydrogen-bond donors (Lipinski definition) is 1. The van der Waals surface area contributed by atoms with Crippen molar-refractivity contribution in [3.8, 4) is 11.1 Å². The Kier molecular flexibility index (Phi) is 6.91. The summed E-state index contributed by atoms with van der Waals surface area (Å²) in [7, 11) is 1.63. The molecule has 2 aromatic heterocycles. The van der Waals surface area contributed by atoms with E-state index in [9.17, 15) is 9.59 Å². The highest BCUT2D eigenvalue weighted by molar-refractivity contribution is 6.31. The Morgan fingerprint density at radius 2 is 1.91 bits per heavy atom. The number of nitrogens with one attached hydrogen (secondary N) is 1. The molecule has 2 heterocycles. The van der Waals surface area contributed by atoms with Crippen molar-refractivity contribution in [3.63, 3.8) is 0 Å². The molecule has 0 radical (unpaired) electrons. The van der Waals surface area contributed by atoms with Crippen molar-refractivity contribution >= 4 is 34.2 Å². The number of aryl methyl sites for hydroxylation is 1. The minimum absolute atomic E-state index is 0.0334. The molecular weight excluding hydrogens is 440 g/mol. The van der Waals surface area contributed by atoms with Gasteiger partial charge in [-0.3, -0.25) is 14.2 Å². The fraction of sp³-hybridized carbons (Fsp3) is 0.240. The Morgan fingerprint density at radius 1 is 1.12 bits per heavy atom. The van der Waals surface area contributed by atoms with Crippen LogP contribution in [0.25, 0.3) is 22.2 Å². The van der Waals surface area contributed by atoms with Gasteiger partial charge < -0.3 is 14.6 Å². The van der Waals surface area contributed by atoms with Gasteiger partial charge in [-0.2, -0.15) is 0 Å². The Labute approximate surface area is 196 Å². The van der Waals surface area contributed by atoms with Gasteiger partial charge in [0.25, 0.3) is 5.56 Å². The number of rotatable bonds is 8. The number of halogens is 1. The number of carbonyl (C=O) groups is 1. The van der Waals surface area contributed by atoms with Crippen LogP contribution >= 0.6 is 11.6 Å². The zero-order valence-corrected chi connectivity index (χ0v) is 19.3. The summed E-state index contributed by atoms with van der Waals surface area (Å²) in [6.45, 7) is 2.84. The fourth-order valence-electron chi connectivity index (χ4n) is 3.80.